The second kappa shape index (κ2) is 5.08. The minimum Gasteiger partial charge on any atom is -0.493 e. The van der Waals surface area contributed by atoms with E-state index in [2.05, 4.69) is 0 Å². The van der Waals surface area contributed by atoms with E-state index in [0.29, 0.717) is 17.9 Å². The fraction of sp³-hybridized carbons (Fsp3) is 0.267. The van der Waals surface area contributed by atoms with Crippen LogP contribution in [0.1, 0.15) is 23.7 Å². The summed E-state index contributed by atoms with van der Waals surface area (Å²) in [6.07, 6.45) is 0.513. The lowest BCUT2D eigenvalue weighted by atomic mass is 10.0. The van der Waals surface area contributed by atoms with E-state index in [1.165, 1.54) is 0 Å². The van der Waals surface area contributed by atoms with Gasteiger partial charge in [0.05, 0.1) is 14.2 Å². The number of Topliss-reactive ketones (excluding diaryl/α,β-unsaturated/α-hetero) is 1. The predicted molar refractivity (Wildman–Crippen MR) is 71.7 cm³/mol. The third kappa shape index (κ3) is 2.16. The van der Waals surface area contributed by atoms with E-state index < -0.39 is 0 Å². The molecular formula is C15H16O3. The molecule has 0 radical (unpaired) electrons. The molecule has 0 aromatic heterocycles. The molecule has 0 saturated heterocycles. The van der Waals surface area contributed by atoms with Crippen molar-refractivity contribution in [3.63, 3.8) is 0 Å². The van der Waals surface area contributed by atoms with Crippen molar-refractivity contribution in [1.82, 2.24) is 0 Å². The van der Waals surface area contributed by atoms with Gasteiger partial charge in [-0.25, -0.2) is 0 Å². The normalized spacial score (nSPS) is 10.4. The molecule has 0 bridgehead atoms. The van der Waals surface area contributed by atoms with Crippen LogP contribution in [-0.4, -0.2) is 20.0 Å². The Morgan fingerprint density at radius 1 is 1.00 bits per heavy atom. The van der Waals surface area contributed by atoms with Crippen LogP contribution in [0.25, 0.3) is 10.8 Å². The molecule has 0 fully saturated rings. The van der Waals surface area contributed by atoms with Crippen molar-refractivity contribution in [1.29, 1.82) is 0 Å². The van der Waals surface area contributed by atoms with Crippen LogP contribution in [0.2, 0.25) is 0 Å². The maximum Gasteiger partial charge on any atom is 0.162 e. The number of carbonyl (C=O) groups is 1. The molecule has 2 rings (SSSR count). The largest absolute Gasteiger partial charge is 0.493 e. The molecular weight excluding hydrogens is 228 g/mol. The monoisotopic (exact) mass is 244 g/mol. The van der Waals surface area contributed by atoms with Gasteiger partial charge in [-0.3, -0.25) is 4.79 Å². The average molecular weight is 244 g/mol. The molecule has 2 aromatic carbocycles. The predicted octanol–water partition coefficient (Wildman–Crippen LogP) is 3.45. The lowest BCUT2D eigenvalue weighted by molar-refractivity contribution is 0.0988. The summed E-state index contributed by atoms with van der Waals surface area (Å²) >= 11 is 0. The number of carbonyl (C=O) groups excluding carboxylic acids is 1. The van der Waals surface area contributed by atoms with Crippen LogP contribution in [0.15, 0.2) is 30.3 Å². The average Bonchev–Trinajstić information content (AvgIpc) is 2.44. The van der Waals surface area contributed by atoms with E-state index in [-0.39, 0.29) is 5.78 Å². The third-order valence-electron chi connectivity index (χ3n) is 2.99. The minimum absolute atomic E-state index is 0.145. The molecule has 0 unspecified atom stereocenters. The summed E-state index contributed by atoms with van der Waals surface area (Å²) in [6, 6.07) is 9.47. The Bertz CT molecular complexity index is 588. The lowest BCUT2D eigenvalue weighted by Gasteiger charge is -2.09. The van der Waals surface area contributed by atoms with E-state index in [9.17, 15) is 4.79 Å². The van der Waals surface area contributed by atoms with Gasteiger partial charge in [0.15, 0.2) is 17.3 Å². The van der Waals surface area contributed by atoms with E-state index in [1.54, 1.807) is 14.2 Å². The first-order valence-corrected chi connectivity index (χ1v) is 5.88. The molecule has 18 heavy (non-hydrogen) atoms. The Hall–Kier alpha value is -2.03. The van der Waals surface area contributed by atoms with Crippen molar-refractivity contribution in [3.8, 4) is 11.5 Å². The van der Waals surface area contributed by atoms with Gasteiger partial charge in [-0.1, -0.05) is 19.1 Å². The number of methoxy groups -OCH3 is 2. The van der Waals surface area contributed by atoms with Crippen molar-refractivity contribution in [2.45, 2.75) is 13.3 Å². The second-order valence-corrected chi connectivity index (χ2v) is 4.05. The highest BCUT2D eigenvalue weighted by molar-refractivity contribution is 6.00. The van der Waals surface area contributed by atoms with E-state index in [0.717, 1.165) is 16.3 Å². The molecule has 0 aliphatic carbocycles. The van der Waals surface area contributed by atoms with Gasteiger partial charge < -0.3 is 9.47 Å². The van der Waals surface area contributed by atoms with Gasteiger partial charge in [-0.15, -0.1) is 0 Å². The first kappa shape index (κ1) is 12.4. The van der Waals surface area contributed by atoms with Crippen LogP contribution < -0.4 is 9.47 Å². The van der Waals surface area contributed by atoms with Crippen LogP contribution >= 0.6 is 0 Å². The summed E-state index contributed by atoms with van der Waals surface area (Å²) in [4.78, 5) is 11.7. The Morgan fingerprint density at radius 2 is 1.61 bits per heavy atom. The molecule has 3 heteroatoms. The molecule has 0 atom stereocenters. The van der Waals surface area contributed by atoms with Crippen LogP contribution in [0.4, 0.5) is 0 Å². The van der Waals surface area contributed by atoms with E-state index in [4.69, 9.17) is 9.47 Å². The third-order valence-corrected chi connectivity index (χ3v) is 2.99. The number of hydrogen-bond donors (Lipinski definition) is 0. The maximum atomic E-state index is 11.7. The summed E-state index contributed by atoms with van der Waals surface area (Å²) in [5, 5.41) is 2.01. The Labute approximate surface area is 106 Å². The van der Waals surface area contributed by atoms with Crippen LogP contribution in [0.3, 0.4) is 0 Å². The van der Waals surface area contributed by atoms with Gasteiger partial charge in [-0.05, 0) is 29.0 Å². The highest BCUT2D eigenvalue weighted by Gasteiger charge is 2.08. The van der Waals surface area contributed by atoms with Gasteiger partial charge in [0.2, 0.25) is 0 Å². The minimum atomic E-state index is 0.145. The van der Waals surface area contributed by atoms with Crippen LogP contribution in [0.5, 0.6) is 11.5 Å². The fourth-order valence-corrected chi connectivity index (χ4v) is 1.95. The molecule has 0 spiro atoms. The molecule has 2 aromatic rings. The SMILES string of the molecule is CCC(=O)c1ccc2cc(OC)c(OC)cc2c1. The van der Waals surface area contributed by atoms with Gasteiger partial charge >= 0.3 is 0 Å². The highest BCUT2D eigenvalue weighted by atomic mass is 16.5. The fourth-order valence-electron chi connectivity index (χ4n) is 1.95. The molecule has 0 saturated carbocycles. The van der Waals surface area contributed by atoms with Crippen LogP contribution in [0, 0.1) is 0 Å². The zero-order valence-corrected chi connectivity index (χ0v) is 10.8. The second-order valence-electron chi connectivity index (χ2n) is 4.05. The summed E-state index contributed by atoms with van der Waals surface area (Å²) in [6.45, 7) is 1.86. The zero-order chi connectivity index (χ0) is 13.1. The topological polar surface area (TPSA) is 35.5 Å². The molecule has 94 valence electrons. The first-order chi connectivity index (χ1) is 8.69. The Morgan fingerprint density at radius 3 is 2.17 bits per heavy atom. The summed E-state index contributed by atoms with van der Waals surface area (Å²) in [7, 11) is 3.21. The standard InChI is InChI=1S/C15H16O3/c1-4-13(16)11-6-5-10-8-14(17-2)15(18-3)9-12(10)7-11/h5-9H,4H2,1-3H3. The van der Waals surface area contributed by atoms with Crippen molar-refractivity contribution < 1.29 is 14.3 Å². The smallest absolute Gasteiger partial charge is 0.162 e. The highest BCUT2D eigenvalue weighted by Crippen LogP contribution is 2.32. The van der Waals surface area contributed by atoms with Crippen molar-refractivity contribution >= 4 is 16.6 Å². The number of hydrogen-bond acceptors (Lipinski definition) is 3. The van der Waals surface area contributed by atoms with Gasteiger partial charge in [0.1, 0.15) is 0 Å². The van der Waals surface area contributed by atoms with Gasteiger partial charge in [0, 0.05) is 12.0 Å². The van der Waals surface area contributed by atoms with E-state index in [1.807, 2.05) is 37.3 Å². The number of benzene rings is 2. The Kier molecular flexibility index (Phi) is 3.51. The molecule has 0 N–H and O–H groups in total. The summed E-state index contributed by atoms with van der Waals surface area (Å²) in [5.74, 6) is 1.51. The summed E-state index contributed by atoms with van der Waals surface area (Å²) < 4.78 is 10.5. The quantitative estimate of drug-likeness (QED) is 0.773. The lowest BCUT2D eigenvalue weighted by Crippen LogP contribution is -1.96. The number of ketones is 1. The van der Waals surface area contributed by atoms with Crippen LogP contribution in [-0.2, 0) is 0 Å². The van der Waals surface area contributed by atoms with Gasteiger partial charge in [0.25, 0.3) is 0 Å². The first-order valence-electron chi connectivity index (χ1n) is 5.88. The zero-order valence-electron chi connectivity index (χ0n) is 10.8. The Balaban J connectivity index is 2.59. The van der Waals surface area contributed by atoms with Crippen molar-refractivity contribution in [2.24, 2.45) is 0 Å². The number of ether oxygens (including phenoxy) is 2. The number of rotatable bonds is 4. The van der Waals surface area contributed by atoms with E-state index >= 15 is 0 Å². The molecule has 0 amide bonds. The maximum absolute atomic E-state index is 11.7. The molecule has 0 aliphatic rings. The molecule has 3 nitrogen and oxygen atoms in total. The molecule has 0 aliphatic heterocycles. The number of fused-ring (bicyclic) bond motifs is 1. The van der Waals surface area contributed by atoms with Crippen molar-refractivity contribution in [3.05, 3.63) is 35.9 Å². The van der Waals surface area contributed by atoms with Crippen molar-refractivity contribution in [2.75, 3.05) is 14.2 Å². The van der Waals surface area contributed by atoms with Gasteiger partial charge in [-0.2, -0.15) is 0 Å². The summed E-state index contributed by atoms with van der Waals surface area (Å²) in [5.41, 5.74) is 0.734. The molecule has 0 heterocycles.